The van der Waals surface area contributed by atoms with Crippen LogP contribution in [0.15, 0.2) is 59.6 Å². The molecular formula is C18H12Cl2FN3OS. The number of carbonyl (C=O) groups excluding carboxylic acids is 1. The lowest BCUT2D eigenvalue weighted by Crippen LogP contribution is -2.14. The van der Waals surface area contributed by atoms with E-state index in [1.165, 1.54) is 30.0 Å². The van der Waals surface area contributed by atoms with E-state index in [1.807, 2.05) is 6.07 Å². The van der Waals surface area contributed by atoms with Crippen molar-refractivity contribution in [2.75, 3.05) is 5.32 Å². The van der Waals surface area contributed by atoms with E-state index in [0.29, 0.717) is 20.8 Å². The number of benzene rings is 2. The molecule has 8 heteroatoms. The maximum absolute atomic E-state index is 13.6. The molecule has 1 heterocycles. The van der Waals surface area contributed by atoms with Crippen molar-refractivity contribution in [3.8, 4) is 0 Å². The predicted molar refractivity (Wildman–Crippen MR) is 102 cm³/mol. The topological polar surface area (TPSA) is 54.9 Å². The Kier molecular flexibility index (Phi) is 6.08. The molecule has 0 aliphatic carbocycles. The summed E-state index contributed by atoms with van der Waals surface area (Å²) in [6.45, 7) is 0. The van der Waals surface area contributed by atoms with Crippen molar-refractivity contribution in [3.05, 3.63) is 81.6 Å². The van der Waals surface area contributed by atoms with Crippen molar-refractivity contribution in [2.45, 2.75) is 10.8 Å². The van der Waals surface area contributed by atoms with Crippen LogP contribution in [-0.2, 0) is 5.75 Å². The van der Waals surface area contributed by atoms with E-state index in [0.717, 1.165) is 5.56 Å². The fourth-order valence-electron chi connectivity index (χ4n) is 2.08. The van der Waals surface area contributed by atoms with Gasteiger partial charge in [0, 0.05) is 5.75 Å². The summed E-state index contributed by atoms with van der Waals surface area (Å²) in [5.74, 6) is -0.274. The normalized spacial score (nSPS) is 10.6. The summed E-state index contributed by atoms with van der Waals surface area (Å²) >= 11 is 13.3. The number of nitrogens with one attached hydrogen (secondary N) is 1. The maximum atomic E-state index is 13.6. The molecule has 1 N–H and O–H groups in total. The second-order valence-corrected chi connectivity index (χ2v) is 7.04. The molecule has 0 bridgehead atoms. The van der Waals surface area contributed by atoms with Gasteiger partial charge in [0.1, 0.15) is 10.8 Å². The molecule has 3 aromatic rings. The highest BCUT2D eigenvalue weighted by molar-refractivity contribution is 7.98. The van der Waals surface area contributed by atoms with Crippen LogP contribution in [0.25, 0.3) is 0 Å². The number of aromatic nitrogens is 2. The smallest absolute Gasteiger partial charge is 0.259 e. The van der Waals surface area contributed by atoms with Crippen LogP contribution in [0, 0.1) is 5.82 Å². The van der Waals surface area contributed by atoms with E-state index in [-0.39, 0.29) is 11.4 Å². The minimum Gasteiger partial charge on any atom is -0.305 e. The summed E-state index contributed by atoms with van der Waals surface area (Å²) < 4.78 is 13.6. The van der Waals surface area contributed by atoms with Gasteiger partial charge in [0.05, 0.1) is 15.6 Å². The van der Waals surface area contributed by atoms with Crippen molar-refractivity contribution < 1.29 is 9.18 Å². The van der Waals surface area contributed by atoms with E-state index in [1.54, 1.807) is 30.3 Å². The zero-order valence-corrected chi connectivity index (χ0v) is 15.6. The molecule has 0 aliphatic rings. The van der Waals surface area contributed by atoms with Crippen LogP contribution in [0.4, 0.5) is 10.2 Å². The monoisotopic (exact) mass is 407 g/mol. The molecule has 0 atom stereocenters. The Morgan fingerprint density at radius 1 is 1.04 bits per heavy atom. The van der Waals surface area contributed by atoms with Crippen molar-refractivity contribution in [1.29, 1.82) is 0 Å². The molecule has 0 fully saturated rings. The highest BCUT2D eigenvalue weighted by atomic mass is 35.5. The Labute approximate surface area is 163 Å². The third-order valence-electron chi connectivity index (χ3n) is 3.37. The largest absolute Gasteiger partial charge is 0.305 e. The first-order chi connectivity index (χ1) is 12.5. The number of anilines is 1. The summed E-state index contributed by atoms with van der Waals surface area (Å²) in [6, 6.07) is 14.5. The van der Waals surface area contributed by atoms with Gasteiger partial charge in [-0.3, -0.25) is 4.79 Å². The summed E-state index contributed by atoms with van der Waals surface area (Å²) in [6.07, 6.45) is 0. The van der Waals surface area contributed by atoms with E-state index < -0.39 is 11.7 Å². The van der Waals surface area contributed by atoms with Crippen LogP contribution >= 0.6 is 35.0 Å². The maximum Gasteiger partial charge on any atom is 0.259 e. The highest BCUT2D eigenvalue weighted by Gasteiger charge is 2.12. The first-order valence-electron chi connectivity index (χ1n) is 7.49. The van der Waals surface area contributed by atoms with E-state index in [2.05, 4.69) is 15.5 Å². The number of thioether (sulfide) groups is 1. The molecule has 0 unspecified atom stereocenters. The first kappa shape index (κ1) is 18.6. The quantitative estimate of drug-likeness (QED) is 0.569. The summed E-state index contributed by atoms with van der Waals surface area (Å²) in [4.78, 5) is 12.0. The Bertz CT molecular complexity index is 938. The summed E-state index contributed by atoms with van der Waals surface area (Å²) in [5.41, 5.74) is 0.954. The van der Waals surface area contributed by atoms with Crippen LogP contribution in [0.2, 0.25) is 10.0 Å². The number of nitrogens with zero attached hydrogens (tertiary/aromatic N) is 2. The van der Waals surface area contributed by atoms with Crippen LogP contribution < -0.4 is 5.32 Å². The average Bonchev–Trinajstić information content (AvgIpc) is 2.64. The Balaban J connectivity index is 1.60. The molecule has 1 amide bonds. The standard InChI is InChI=1S/C18H12Cl2FN3OS/c19-13-6-5-11(9-14(13)20)10-26-17-8-7-16(23-24-17)22-18(25)12-3-1-2-4-15(12)21/h1-9H,10H2,(H,22,23,25). The third-order valence-corrected chi connectivity index (χ3v) is 5.10. The van der Waals surface area contributed by atoms with Gasteiger partial charge in [0.15, 0.2) is 5.82 Å². The molecule has 4 nitrogen and oxygen atoms in total. The molecule has 3 rings (SSSR count). The molecule has 0 saturated heterocycles. The van der Waals surface area contributed by atoms with Gasteiger partial charge in [-0.25, -0.2) is 4.39 Å². The average molecular weight is 408 g/mol. The zero-order valence-electron chi connectivity index (χ0n) is 13.2. The third kappa shape index (κ3) is 4.72. The second-order valence-electron chi connectivity index (χ2n) is 5.23. The Morgan fingerprint density at radius 2 is 1.85 bits per heavy atom. The van der Waals surface area contributed by atoms with Gasteiger partial charge in [-0.2, -0.15) is 0 Å². The molecule has 0 aliphatic heterocycles. The SMILES string of the molecule is O=C(Nc1ccc(SCc2ccc(Cl)c(Cl)c2)nn1)c1ccccc1F. The van der Waals surface area contributed by atoms with Crippen molar-refractivity contribution in [3.63, 3.8) is 0 Å². The van der Waals surface area contributed by atoms with Gasteiger partial charge in [-0.15, -0.1) is 10.2 Å². The Hall–Kier alpha value is -2.15. The molecule has 2 aromatic carbocycles. The van der Waals surface area contributed by atoms with E-state index >= 15 is 0 Å². The lowest BCUT2D eigenvalue weighted by Gasteiger charge is -2.06. The van der Waals surface area contributed by atoms with Gasteiger partial charge in [-0.05, 0) is 42.0 Å². The fourth-order valence-corrected chi connectivity index (χ4v) is 3.16. The van der Waals surface area contributed by atoms with Gasteiger partial charge in [-0.1, -0.05) is 53.2 Å². The molecule has 132 valence electrons. The van der Waals surface area contributed by atoms with Crippen molar-refractivity contribution >= 4 is 46.7 Å². The number of hydrogen-bond acceptors (Lipinski definition) is 4. The molecule has 0 radical (unpaired) electrons. The van der Waals surface area contributed by atoms with E-state index in [4.69, 9.17) is 23.2 Å². The highest BCUT2D eigenvalue weighted by Crippen LogP contribution is 2.27. The molecule has 0 saturated carbocycles. The van der Waals surface area contributed by atoms with E-state index in [9.17, 15) is 9.18 Å². The number of halogens is 3. The fraction of sp³-hybridized carbons (Fsp3) is 0.0556. The number of amides is 1. The molecule has 1 aromatic heterocycles. The summed E-state index contributed by atoms with van der Waals surface area (Å²) in [7, 11) is 0. The predicted octanol–water partition coefficient (Wildman–Crippen LogP) is 5.47. The Morgan fingerprint density at radius 3 is 2.54 bits per heavy atom. The lowest BCUT2D eigenvalue weighted by atomic mass is 10.2. The lowest BCUT2D eigenvalue weighted by molar-refractivity contribution is 0.102. The van der Waals surface area contributed by atoms with Crippen molar-refractivity contribution in [2.24, 2.45) is 0 Å². The van der Waals surface area contributed by atoms with Crippen LogP contribution in [0.5, 0.6) is 0 Å². The van der Waals surface area contributed by atoms with Crippen molar-refractivity contribution in [1.82, 2.24) is 10.2 Å². The molecular weight excluding hydrogens is 396 g/mol. The van der Waals surface area contributed by atoms with Crippen LogP contribution in [-0.4, -0.2) is 16.1 Å². The van der Waals surface area contributed by atoms with Gasteiger partial charge in [0.2, 0.25) is 0 Å². The van der Waals surface area contributed by atoms with Crippen LogP contribution in [0.3, 0.4) is 0 Å². The zero-order chi connectivity index (χ0) is 18.5. The molecule has 0 spiro atoms. The number of hydrogen-bond donors (Lipinski definition) is 1. The first-order valence-corrected chi connectivity index (χ1v) is 9.23. The number of carbonyl (C=O) groups is 1. The minimum atomic E-state index is -0.591. The van der Waals surface area contributed by atoms with Gasteiger partial charge >= 0.3 is 0 Å². The summed E-state index contributed by atoms with van der Waals surface area (Å²) in [5, 5.41) is 12.2. The molecule has 26 heavy (non-hydrogen) atoms. The van der Waals surface area contributed by atoms with Gasteiger partial charge in [0.25, 0.3) is 5.91 Å². The van der Waals surface area contributed by atoms with Gasteiger partial charge < -0.3 is 5.32 Å². The minimum absolute atomic E-state index is 0.0487. The number of rotatable bonds is 5. The van der Waals surface area contributed by atoms with Crippen LogP contribution in [0.1, 0.15) is 15.9 Å². The second kappa shape index (κ2) is 8.49.